The van der Waals surface area contributed by atoms with E-state index in [4.69, 9.17) is 10.1 Å². The summed E-state index contributed by atoms with van der Waals surface area (Å²) < 4.78 is 40.3. The number of hydroxylamine groups is 2. The molecule has 150 valence electrons. The minimum absolute atomic E-state index is 0.0263. The summed E-state index contributed by atoms with van der Waals surface area (Å²) in [4.78, 5) is 18.3. The van der Waals surface area contributed by atoms with Gasteiger partial charge < -0.3 is 5.32 Å². The van der Waals surface area contributed by atoms with Crippen molar-refractivity contribution in [1.29, 1.82) is 5.26 Å². The van der Waals surface area contributed by atoms with Crippen molar-refractivity contribution < 1.29 is 22.8 Å². The standard InChI is InChI=1S/C21H18F3N3O2/c22-15-5-12(11-25)6-16(10-15)26-17-7-14(8-17)21(28)27-20(3-4-29-27)13-1-2-18(23)19(24)9-13/h1-2,5-6,9-10,14,17,20,26H,3-4,7-8H2/t14-,17+,20-/m0/s1. The molecule has 29 heavy (non-hydrogen) atoms. The predicted octanol–water partition coefficient (Wildman–Crippen LogP) is 4.07. The first-order chi connectivity index (χ1) is 13.9. The molecule has 1 aliphatic carbocycles. The van der Waals surface area contributed by atoms with E-state index < -0.39 is 23.5 Å². The van der Waals surface area contributed by atoms with Gasteiger partial charge in [0, 0.05) is 24.1 Å². The zero-order valence-electron chi connectivity index (χ0n) is 15.4. The van der Waals surface area contributed by atoms with Crippen molar-refractivity contribution in [2.75, 3.05) is 11.9 Å². The van der Waals surface area contributed by atoms with E-state index in [1.54, 1.807) is 6.07 Å². The zero-order valence-corrected chi connectivity index (χ0v) is 15.4. The topological polar surface area (TPSA) is 65.4 Å². The van der Waals surface area contributed by atoms with Crippen molar-refractivity contribution in [3.8, 4) is 6.07 Å². The van der Waals surface area contributed by atoms with Crippen molar-refractivity contribution >= 4 is 11.6 Å². The second kappa shape index (κ2) is 7.76. The molecule has 2 fully saturated rings. The molecule has 1 heterocycles. The zero-order chi connectivity index (χ0) is 20.5. The van der Waals surface area contributed by atoms with Crippen LogP contribution in [0.4, 0.5) is 18.9 Å². The molecule has 1 amide bonds. The molecule has 1 aliphatic heterocycles. The van der Waals surface area contributed by atoms with Gasteiger partial charge >= 0.3 is 0 Å². The maximum atomic E-state index is 13.6. The van der Waals surface area contributed by atoms with Crippen LogP contribution >= 0.6 is 0 Å². The van der Waals surface area contributed by atoms with E-state index in [1.165, 1.54) is 17.2 Å². The Balaban J connectivity index is 1.38. The van der Waals surface area contributed by atoms with Gasteiger partial charge in [0.1, 0.15) is 5.82 Å². The number of carbonyl (C=O) groups excluding carboxylic acids is 1. The number of hydrogen-bond donors (Lipinski definition) is 1. The third kappa shape index (κ3) is 3.91. The number of nitriles is 1. The maximum Gasteiger partial charge on any atom is 0.249 e. The van der Waals surface area contributed by atoms with Gasteiger partial charge in [-0.3, -0.25) is 9.63 Å². The lowest BCUT2D eigenvalue weighted by Crippen LogP contribution is -2.45. The normalized spacial score (nSPS) is 23.4. The number of benzene rings is 2. The molecule has 5 nitrogen and oxygen atoms in total. The molecule has 0 aromatic heterocycles. The molecule has 1 N–H and O–H groups in total. The van der Waals surface area contributed by atoms with Crippen molar-refractivity contribution in [3.05, 3.63) is 65.0 Å². The van der Waals surface area contributed by atoms with E-state index in [2.05, 4.69) is 5.32 Å². The van der Waals surface area contributed by atoms with Gasteiger partial charge in [-0.1, -0.05) is 6.07 Å². The maximum absolute atomic E-state index is 13.6. The lowest BCUT2D eigenvalue weighted by molar-refractivity contribution is -0.184. The fourth-order valence-electron chi connectivity index (χ4n) is 3.80. The van der Waals surface area contributed by atoms with E-state index in [-0.39, 0.29) is 23.4 Å². The van der Waals surface area contributed by atoms with Gasteiger partial charge in [0.2, 0.25) is 5.91 Å². The Kier molecular flexibility index (Phi) is 5.16. The minimum atomic E-state index is -0.957. The van der Waals surface area contributed by atoms with Gasteiger partial charge in [-0.05, 0) is 48.7 Å². The average Bonchev–Trinajstić information content (AvgIpc) is 3.15. The Bertz CT molecular complexity index is 986. The van der Waals surface area contributed by atoms with Crippen LogP contribution in [-0.4, -0.2) is 23.6 Å². The van der Waals surface area contributed by atoms with Crippen LogP contribution in [0.1, 0.15) is 36.4 Å². The van der Waals surface area contributed by atoms with E-state index in [1.807, 2.05) is 6.07 Å². The highest BCUT2D eigenvalue weighted by Gasteiger charge is 2.41. The van der Waals surface area contributed by atoms with Gasteiger partial charge in [-0.2, -0.15) is 5.26 Å². The van der Waals surface area contributed by atoms with Crippen LogP contribution in [0.5, 0.6) is 0 Å². The summed E-state index contributed by atoms with van der Waals surface area (Å²) in [6, 6.07) is 9.04. The molecule has 8 heteroatoms. The number of halogens is 3. The van der Waals surface area contributed by atoms with E-state index in [0.29, 0.717) is 37.1 Å². The van der Waals surface area contributed by atoms with Gasteiger partial charge in [-0.25, -0.2) is 18.2 Å². The van der Waals surface area contributed by atoms with Crippen LogP contribution in [0.25, 0.3) is 0 Å². The van der Waals surface area contributed by atoms with Gasteiger partial charge in [0.25, 0.3) is 0 Å². The van der Waals surface area contributed by atoms with Crippen LogP contribution in [0.2, 0.25) is 0 Å². The lowest BCUT2D eigenvalue weighted by atomic mass is 9.79. The molecule has 2 aliphatic rings. The third-order valence-corrected chi connectivity index (χ3v) is 5.34. The number of amides is 1. The molecule has 0 radical (unpaired) electrons. The predicted molar refractivity (Wildman–Crippen MR) is 97.8 cm³/mol. The van der Waals surface area contributed by atoms with Crippen LogP contribution in [-0.2, 0) is 9.63 Å². The highest BCUT2D eigenvalue weighted by molar-refractivity contribution is 5.80. The van der Waals surface area contributed by atoms with Crippen LogP contribution < -0.4 is 5.32 Å². The molecule has 2 aromatic rings. The Morgan fingerprint density at radius 3 is 2.66 bits per heavy atom. The summed E-state index contributed by atoms with van der Waals surface area (Å²) in [5.74, 6) is -2.87. The number of nitrogens with one attached hydrogen (secondary N) is 1. The monoisotopic (exact) mass is 401 g/mol. The summed E-state index contributed by atoms with van der Waals surface area (Å²) >= 11 is 0. The van der Waals surface area contributed by atoms with E-state index in [0.717, 1.165) is 18.2 Å². The number of nitrogens with zero attached hydrogens (tertiary/aromatic N) is 2. The van der Waals surface area contributed by atoms with Gasteiger partial charge in [0.15, 0.2) is 11.6 Å². The molecule has 0 bridgehead atoms. The quantitative estimate of drug-likeness (QED) is 0.839. The van der Waals surface area contributed by atoms with Gasteiger partial charge in [0.05, 0.1) is 24.3 Å². The Labute approximate surface area is 165 Å². The fraction of sp³-hybridized carbons (Fsp3) is 0.333. The highest BCUT2D eigenvalue weighted by atomic mass is 19.2. The molecular weight excluding hydrogens is 383 g/mol. The van der Waals surface area contributed by atoms with Crippen LogP contribution in [0.3, 0.4) is 0 Å². The van der Waals surface area contributed by atoms with Crippen LogP contribution in [0.15, 0.2) is 36.4 Å². The summed E-state index contributed by atoms with van der Waals surface area (Å²) in [5, 5.41) is 13.3. The Morgan fingerprint density at radius 2 is 1.93 bits per heavy atom. The molecule has 1 saturated carbocycles. The first-order valence-electron chi connectivity index (χ1n) is 9.33. The molecule has 2 aromatic carbocycles. The van der Waals surface area contributed by atoms with Crippen molar-refractivity contribution in [2.24, 2.45) is 5.92 Å². The summed E-state index contributed by atoms with van der Waals surface area (Å²) in [5.41, 5.74) is 1.21. The van der Waals surface area contributed by atoms with E-state index >= 15 is 0 Å². The Morgan fingerprint density at radius 1 is 1.14 bits per heavy atom. The number of hydrogen-bond acceptors (Lipinski definition) is 4. The minimum Gasteiger partial charge on any atom is -0.382 e. The summed E-state index contributed by atoms with van der Waals surface area (Å²) in [6.45, 7) is 0.323. The van der Waals surface area contributed by atoms with Gasteiger partial charge in [-0.15, -0.1) is 0 Å². The molecule has 1 saturated heterocycles. The van der Waals surface area contributed by atoms with Crippen molar-refractivity contribution in [3.63, 3.8) is 0 Å². The third-order valence-electron chi connectivity index (χ3n) is 5.34. The first-order valence-corrected chi connectivity index (χ1v) is 9.33. The number of rotatable bonds is 4. The van der Waals surface area contributed by atoms with Crippen molar-refractivity contribution in [1.82, 2.24) is 5.06 Å². The number of anilines is 1. The molecule has 0 spiro atoms. The number of carbonyl (C=O) groups is 1. The molecule has 4 rings (SSSR count). The molecule has 0 unspecified atom stereocenters. The van der Waals surface area contributed by atoms with Crippen molar-refractivity contribution in [2.45, 2.75) is 31.3 Å². The second-order valence-corrected chi connectivity index (χ2v) is 7.33. The second-order valence-electron chi connectivity index (χ2n) is 7.33. The largest absolute Gasteiger partial charge is 0.382 e. The summed E-state index contributed by atoms with van der Waals surface area (Å²) in [7, 11) is 0. The smallest absolute Gasteiger partial charge is 0.249 e. The first kappa shape index (κ1) is 19.3. The lowest BCUT2D eigenvalue weighted by Gasteiger charge is -2.38. The van der Waals surface area contributed by atoms with Crippen LogP contribution in [0, 0.1) is 34.7 Å². The van der Waals surface area contributed by atoms with E-state index in [9.17, 15) is 18.0 Å². The molecular formula is C21H18F3N3O2. The summed E-state index contributed by atoms with van der Waals surface area (Å²) in [6.07, 6.45) is 1.56. The fourth-order valence-corrected chi connectivity index (χ4v) is 3.80. The average molecular weight is 401 g/mol. The Hall–Kier alpha value is -3.05. The highest BCUT2D eigenvalue weighted by Crippen LogP contribution is 2.38. The molecule has 1 atom stereocenters. The SMILES string of the molecule is N#Cc1cc(F)cc(N[C@H]2C[C@@H](C(=O)N3OCC[C@H]3c3ccc(F)c(F)c3)C2)c1.